The van der Waals surface area contributed by atoms with Crippen LogP contribution in [0.1, 0.15) is 36.6 Å². The van der Waals surface area contributed by atoms with Gasteiger partial charge in [0.2, 0.25) is 0 Å². The van der Waals surface area contributed by atoms with Gasteiger partial charge in [-0.3, -0.25) is 0 Å². The molecule has 5 heteroatoms. The van der Waals surface area contributed by atoms with E-state index in [1.54, 1.807) is 7.05 Å². The van der Waals surface area contributed by atoms with E-state index in [9.17, 15) is 0 Å². The molecule has 1 saturated carbocycles. The van der Waals surface area contributed by atoms with Crippen molar-refractivity contribution in [2.24, 2.45) is 7.05 Å². The highest BCUT2D eigenvalue weighted by Crippen LogP contribution is 2.24. The Hall–Kier alpha value is -1.75. The second-order valence-electron chi connectivity index (χ2n) is 5.52. The molecule has 106 valence electrons. The third-order valence-corrected chi connectivity index (χ3v) is 3.77. The summed E-state index contributed by atoms with van der Waals surface area (Å²) < 4.78 is 0. The molecular weight excluding hydrogens is 250 g/mol. The zero-order chi connectivity index (χ0) is 13.8. The van der Waals surface area contributed by atoms with Crippen LogP contribution in [0.15, 0.2) is 30.3 Å². The normalized spacial score (nSPS) is 16.2. The predicted octanol–water partition coefficient (Wildman–Crippen LogP) is 1.68. The largest absolute Gasteiger partial charge is 0.313 e. The standard InChI is InChI=1S/C15H21N5/c1-20-18-15(17-19-20)10-7-13(11-16-14-8-9-14)12-5-3-2-4-6-12/h2-6,13-14,16H,7-11H2,1H3. The van der Waals surface area contributed by atoms with Crippen LogP contribution >= 0.6 is 0 Å². The molecule has 0 spiro atoms. The number of hydrogen-bond donors (Lipinski definition) is 1. The maximum absolute atomic E-state index is 4.26. The molecule has 0 aliphatic heterocycles. The Labute approximate surface area is 119 Å². The molecule has 1 aliphatic carbocycles. The summed E-state index contributed by atoms with van der Waals surface area (Å²) in [5.74, 6) is 1.35. The first-order valence-corrected chi connectivity index (χ1v) is 7.32. The third-order valence-electron chi connectivity index (χ3n) is 3.77. The minimum Gasteiger partial charge on any atom is -0.313 e. The molecule has 1 aromatic carbocycles. The lowest BCUT2D eigenvalue weighted by molar-refractivity contribution is 0.541. The summed E-state index contributed by atoms with van der Waals surface area (Å²) >= 11 is 0. The van der Waals surface area contributed by atoms with Gasteiger partial charge < -0.3 is 5.32 Å². The SMILES string of the molecule is Cn1nnc(CCC(CNC2CC2)c2ccccc2)n1. The molecule has 3 rings (SSSR count). The van der Waals surface area contributed by atoms with Crippen molar-refractivity contribution in [1.29, 1.82) is 0 Å². The van der Waals surface area contributed by atoms with Crippen molar-refractivity contribution in [2.75, 3.05) is 6.54 Å². The predicted molar refractivity (Wildman–Crippen MR) is 77.3 cm³/mol. The lowest BCUT2D eigenvalue weighted by Gasteiger charge is -2.17. The first kappa shape index (κ1) is 13.2. The zero-order valence-electron chi connectivity index (χ0n) is 11.9. The number of benzene rings is 1. The van der Waals surface area contributed by atoms with Crippen LogP contribution in [0.3, 0.4) is 0 Å². The molecule has 1 atom stereocenters. The van der Waals surface area contributed by atoms with E-state index in [1.807, 2.05) is 0 Å². The first-order chi connectivity index (χ1) is 9.81. The fraction of sp³-hybridized carbons (Fsp3) is 0.533. The molecule has 1 aromatic heterocycles. The van der Waals surface area contributed by atoms with Crippen molar-refractivity contribution in [1.82, 2.24) is 25.5 Å². The minimum atomic E-state index is 0.514. The Bertz CT molecular complexity index is 532. The monoisotopic (exact) mass is 271 g/mol. The highest BCUT2D eigenvalue weighted by atomic mass is 15.6. The summed E-state index contributed by atoms with van der Waals surface area (Å²) in [5.41, 5.74) is 1.39. The van der Waals surface area contributed by atoms with Crippen molar-refractivity contribution < 1.29 is 0 Å². The van der Waals surface area contributed by atoms with Crippen LogP contribution in [0, 0.1) is 0 Å². The van der Waals surface area contributed by atoms with Crippen molar-refractivity contribution in [3.8, 4) is 0 Å². The van der Waals surface area contributed by atoms with Crippen LogP contribution in [0.2, 0.25) is 0 Å². The van der Waals surface area contributed by atoms with Gasteiger partial charge in [0.25, 0.3) is 0 Å². The van der Waals surface area contributed by atoms with Gasteiger partial charge in [0.15, 0.2) is 5.82 Å². The van der Waals surface area contributed by atoms with Crippen LogP contribution in [-0.2, 0) is 13.5 Å². The van der Waals surface area contributed by atoms with Gasteiger partial charge in [0.1, 0.15) is 0 Å². The summed E-state index contributed by atoms with van der Waals surface area (Å²) in [5, 5.41) is 15.9. The molecule has 1 fully saturated rings. The molecule has 5 nitrogen and oxygen atoms in total. The van der Waals surface area contributed by atoms with Crippen molar-refractivity contribution >= 4 is 0 Å². The third kappa shape index (κ3) is 3.63. The van der Waals surface area contributed by atoms with E-state index in [0.29, 0.717) is 5.92 Å². The van der Waals surface area contributed by atoms with Gasteiger partial charge in [-0.1, -0.05) is 30.3 Å². The fourth-order valence-electron chi connectivity index (χ4n) is 2.43. The fourth-order valence-corrected chi connectivity index (χ4v) is 2.43. The second kappa shape index (κ2) is 6.13. The zero-order valence-corrected chi connectivity index (χ0v) is 11.9. The Kier molecular flexibility index (Phi) is 4.06. The van der Waals surface area contributed by atoms with Crippen LogP contribution in [0.5, 0.6) is 0 Å². The maximum atomic E-state index is 4.26. The summed E-state index contributed by atoms with van der Waals surface area (Å²) in [6.07, 6.45) is 4.58. The van der Waals surface area contributed by atoms with Gasteiger partial charge in [-0.05, 0) is 36.0 Å². The Balaban J connectivity index is 1.61. The number of nitrogens with one attached hydrogen (secondary N) is 1. The van der Waals surface area contributed by atoms with Crippen molar-refractivity contribution in [3.63, 3.8) is 0 Å². The van der Waals surface area contributed by atoms with E-state index in [0.717, 1.165) is 31.3 Å². The molecule has 0 saturated heterocycles. The van der Waals surface area contributed by atoms with Crippen LogP contribution in [0.4, 0.5) is 0 Å². The van der Waals surface area contributed by atoms with Gasteiger partial charge >= 0.3 is 0 Å². The molecule has 1 unspecified atom stereocenters. The molecule has 0 bridgehead atoms. The smallest absolute Gasteiger partial charge is 0.174 e. The molecule has 1 aliphatic rings. The number of tetrazole rings is 1. The molecule has 2 aromatic rings. The molecule has 0 amide bonds. The average Bonchev–Trinajstić information content (AvgIpc) is 3.21. The molecule has 1 N–H and O–H groups in total. The highest BCUT2D eigenvalue weighted by molar-refractivity contribution is 5.20. The summed E-state index contributed by atoms with van der Waals surface area (Å²) in [4.78, 5) is 1.52. The Morgan fingerprint density at radius 3 is 2.75 bits per heavy atom. The van der Waals surface area contributed by atoms with E-state index in [4.69, 9.17) is 0 Å². The quantitative estimate of drug-likeness (QED) is 0.832. The van der Waals surface area contributed by atoms with Crippen LogP contribution in [0.25, 0.3) is 0 Å². The second-order valence-corrected chi connectivity index (χ2v) is 5.52. The number of nitrogens with zero attached hydrogens (tertiary/aromatic N) is 4. The minimum absolute atomic E-state index is 0.514. The number of aromatic nitrogens is 4. The number of hydrogen-bond acceptors (Lipinski definition) is 4. The van der Waals surface area contributed by atoms with Gasteiger partial charge in [-0.25, -0.2) is 0 Å². The van der Waals surface area contributed by atoms with Crippen LogP contribution < -0.4 is 5.32 Å². The topological polar surface area (TPSA) is 55.6 Å². The summed E-state index contributed by atoms with van der Waals surface area (Å²) in [7, 11) is 1.81. The van der Waals surface area contributed by atoms with E-state index in [2.05, 4.69) is 51.1 Å². The molecule has 1 heterocycles. The van der Waals surface area contributed by atoms with Gasteiger partial charge in [0, 0.05) is 19.0 Å². The molecule has 20 heavy (non-hydrogen) atoms. The molecular formula is C15H21N5. The maximum Gasteiger partial charge on any atom is 0.174 e. The summed E-state index contributed by atoms with van der Waals surface area (Å²) in [6, 6.07) is 11.5. The Morgan fingerprint density at radius 2 is 2.10 bits per heavy atom. The molecule has 0 radical (unpaired) electrons. The Morgan fingerprint density at radius 1 is 1.30 bits per heavy atom. The van der Waals surface area contributed by atoms with Crippen molar-refractivity contribution in [3.05, 3.63) is 41.7 Å². The van der Waals surface area contributed by atoms with Gasteiger partial charge in [0.05, 0.1) is 7.05 Å². The van der Waals surface area contributed by atoms with Gasteiger partial charge in [-0.15, -0.1) is 10.2 Å². The summed E-state index contributed by atoms with van der Waals surface area (Å²) in [6.45, 7) is 1.04. The van der Waals surface area contributed by atoms with Gasteiger partial charge in [-0.2, -0.15) is 4.80 Å². The van der Waals surface area contributed by atoms with Crippen molar-refractivity contribution in [2.45, 2.75) is 37.6 Å². The number of rotatable bonds is 7. The highest BCUT2D eigenvalue weighted by Gasteiger charge is 2.22. The first-order valence-electron chi connectivity index (χ1n) is 7.32. The lowest BCUT2D eigenvalue weighted by atomic mass is 9.94. The van der Waals surface area contributed by atoms with E-state index < -0.39 is 0 Å². The number of aryl methyl sites for hydroxylation is 2. The lowest BCUT2D eigenvalue weighted by Crippen LogP contribution is -2.24. The van der Waals surface area contributed by atoms with E-state index in [1.165, 1.54) is 23.2 Å². The average molecular weight is 271 g/mol. The van der Waals surface area contributed by atoms with Crippen LogP contribution in [-0.4, -0.2) is 32.8 Å². The van der Waals surface area contributed by atoms with E-state index in [-0.39, 0.29) is 0 Å². The van der Waals surface area contributed by atoms with E-state index >= 15 is 0 Å².